The highest BCUT2D eigenvalue weighted by Gasteiger charge is 2.21. The smallest absolute Gasteiger partial charge is 0.0900 e. The molecule has 1 aromatic rings. The lowest BCUT2D eigenvalue weighted by Gasteiger charge is -2.27. The van der Waals surface area contributed by atoms with E-state index in [4.69, 9.17) is 10.00 Å². The lowest BCUT2D eigenvalue weighted by Crippen LogP contribution is -2.33. The number of hydrogen-bond acceptors (Lipinski definition) is 4. The van der Waals surface area contributed by atoms with Crippen LogP contribution in [0, 0.1) is 11.3 Å². The van der Waals surface area contributed by atoms with Crippen molar-refractivity contribution in [2.24, 2.45) is 0 Å². The van der Waals surface area contributed by atoms with Crippen LogP contribution in [0.5, 0.6) is 0 Å². The average Bonchev–Trinajstić information content (AvgIpc) is 2.51. The number of aryl methyl sites for hydroxylation is 1. The molecule has 1 N–H and O–H groups in total. The number of aliphatic hydroxyl groups is 1. The van der Waals surface area contributed by atoms with Crippen LogP contribution in [0.4, 0.5) is 0 Å². The van der Waals surface area contributed by atoms with Crippen LogP contribution >= 0.6 is 0 Å². The SMILES string of the molecule is CN(CCC#N)CC(O)COC1CCCc2ccccc21. The van der Waals surface area contributed by atoms with Crippen molar-refractivity contribution in [3.05, 3.63) is 35.4 Å². The summed E-state index contributed by atoms with van der Waals surface area (Å²) in [4.78, 5) is 1.96. The number of nitriles is 1. The summed E-state index contributed by atoms with van der Waals surface area (Å²) in [5.74, 6) is 0. The van der Waals surface area contributed by atoms with Gasteiger partial charge in [0.1, 0.15) is 0 Å². The van der Waals surface area contributed by atoms with Gasteiger partial charge in [-0.2, -0.15) is 5.26 Å². The number of hydrogen-bond donors (Lipinski definition) is 1. The summed E-state index contributed by atoms with van der Waals surface area (Å²) in [7, 11) is 1.91. The monoisotopic (exact) mass is 288 g/mol. The molecule has 0 radical (unpaired) electrons. The second kappa shape index (κ2) is 8.14. The molecule has 0 fully saturated rings. The molecule has 0 aromatic heterocycles. The molecule has 0 amide bonds. The van der Waals surface area contributed by atoms with Crippen LogP contribution in [0.1, 0.15) is 36.5 Å². The third-order valence-corrected chi connectivity index (χ3v) is 3.93. The molecule has 1 aromatic carbocycles. The van der Waals surface area contributed by atoms with Crippen LogP contribution in [0.2, 0.25) is 0 Å². The Hall–Kier alpha value is -1.41. The van der Waals surface area contributed by atoms with Crippen LogP contribution in [-0.4, -0.2) is 42.9 Å². The highest BCUT2D eigenvalue weighted by molar-refractivity contribution is 5.31. The molecule has 0 bridgehead atoms. The minimum Gasteiger partial charge on any atom is -0.389 e. The molecule has 0 heterocycles. The fourth-order valence-corrected chi connectivity index (χ4v) is 2.85. The fourth-order valence-electron chi connectivity index (χ4n) is 2.85. The standard InChI is InChI=1S/C17H24N2O2/c1-19(11-5-10-18)12-15(20)13-21-17-9-4-7-14-6-2-3-8-16(14)17/h2-3,6,8,15,17,20H,4-5,7,9,11-13H2,1H3. The minimum absolute atomic E-state index is 0.106. The molecule has 114 valence electrons. The number of ether oxygens (including phenoxy) is 1. The maximum absolute atomic E-state index is 10.0. The molecule has 2 atom stereocenters. The number of fused-ring (bicyclic) bond motifs is 1. The van der Waals surface area contributed by atoms with E-state index in [1.165, 1.54) is 11.1 Å². The predicted molar refractivity (Wildman–Crippen MR) is 81.8 cm³/mol. The lowest BCUT2D eigenvalue weighted by atomic mass is 9.89. The topological polar surface area (TPSA) is 56.5 Å². The van der Waals surface area contributed by atoms with Gasteiger partial charge in [0.2, 0.25) is 0 Å². The molecule has 1 aliphatic carbocycles. The second-order valence-electron chi connectivity index (χ2n) is 5.74. The zero-order valence-electron chi connectivity index (χ0n) is 12.7. The van der Waals surface area contributed by atoms with Gasteiger partial charge >= 0.3 is 0 Å². The third kappa shape index (κ3) is 4.82. The number of benzene rings is 1. The van der Waals surface area contributed by atoms with Gasteiger partial charge < -0.3 is 14.7 Å². The number of likely N-dealkylation sites (N-methyl/N-ethyl adjacent to an activating group) is 1. The maximum atomic E-state index is 10.0. The zero-order chi connectivity index (χ0) is 15.1. The van der Waals surface area contributed by atoms with E-state index >= 15 is 0 Å². The molecular formula is C17H24N2O2. The van der Waals surface area contributed by atoms with E-state index in [9.17, 15) is 5.11 Å². The van der Waals surface area contributed by atoms with Gasteiger partial charge in [-0.25, -0.2) is 0 Å². The Labute approximate surface area is 127 Å². The zero-order valence-corrected chi connectivity index (χ0v) is 12.7. The molecule has 21 heavy (non-hydrogen) atoms. The summed E-state index contributed by atoms with van der Waals surface area (Å²) in [6, 6.07) is 10.5. The fraction of sp³-hybridized carbons (Fsp3) is 0.588. The first-order valence-corrected chi connectivity index (χ1v) is 7.63. The van der Waals surface area contributed by atoms with Crippen molar-refractivity contribution in [1.82, 2.24) is 4.90 Å². The quantitative estimate of drug-likeness (QED) is 0.836. The predicted octanol–water partition coefficient (Wildman–Crippen LogP) is 2.29. The molecule has 0 spiro atoms. The third-order valence-electron chi connectivity index (χ3n) is 3.93. The van der Waals surface area contributed by atoms with Crippen LogP contribution in [-0.2, 0) is 11.2 Å². The Morgan fingerprint density at radius 1 is 1.48 bits per heavy atom. The largest absolute Gasteiger partial charge is 0.389 e. The molecule has 4 nitrogen and oxygen atoms in total. The summed E-state index contributed by atoms with van der Waals surface area (Å²) >= 11 is 0. The van der Waals surface area contributed by atoms with E-state index in [2.05, 4.69) is 24.3 Å². The van der Waals surface area contributed by atoms with Crippen molar-refractivity contribution in [3.8, 4) is 6.07 Å². The summed E-state index contributed by atoms with van der Waals surface area (Å²) in [6.07, 6.45) is 3.36. The van der Waals surface area contributed by atoms with Crippen LogP contribution in [0.3, 0.4) is 0 Å². The Morgan fingerprint density at radius 3 is 3.10 bits per heavy atom. The van der Waals surface area contributed by atoms with Gasteiger partial charge in [-0.3, -0.25) is 0 Å². The van der Waals surface area contributed by atoms with Gasteiger partial charge in [0.25, 0.3) is 0 Å². The Balaban J connectivity index is 1.80. The molecule has 0 saturated carbocycles. The van der Waals surface area contributed by atoms with E-state index in [1.54, 1.807) is 0 Å². The summed E-state index contributed by atoms with van der Waals surface area (Å²) < 4.78 is 5.93. The average molecular weight is 288 g/mol. The Bertz CT molecular complexity index is 484. The Morgan fingerprint density at radius 2 is 2.29 bits per heavy atom. The first kappa shape index (κ1) is 16.0. The van der Waals surface area contributed by atoms with Crippen LogP contribution in [0.15, 0.2) is 24.3 Å². The number of rotatable bonds is 7. The Kier molecular flexibility index (Phi) is 6.19. The second-order valence-corrected chi connectivity index (χ2v) is 5.74. The number of nitrogens with zero attached hydrogens (tertiary/aromatic N) is 2. The summed E-state index contributed by atoms with van der Waals surface area (Å²) in [6.45, 7) is 1.56. The van der Waals surface area contributed by atoms with Gasteiger partial charge in [0.05, 0.1) is 24.9 Å². The minimum atomic E-state index is -0.511. The van der Waals surface area contributed by atoms with Crippen molar-refractivity contribution < 1.29 is 9.84 Å². The van der Waals surface area contributed by atoms with Crippen molar-refractivity contribution in [2.45, 2.75) is 37.9 Å². The first-order chi connectivity index (χ1) is 10.2. The molecular weight excluding hydrogens is 264 g/mol. The van der Waals surface area contributed by atoms with E-state index in [1.807, 2.05) is 18.0 Å². The van der Waals surface area contributed by atoms with E-state index in [0.29, 0.717) is 26.1 Å². The highest BCUT2D eigenvalue weighted by atomic mass is 16.5. The summed E-state index contributed by atoms with van der Waals surface area (Å²) in [5.41, 5.74) is 2.64. The van der Waals surface area contributed by atoms with Crippen molar-refractivity contribution in [1.29, 1.82) is 5.26 Å². The van der Waals surface area contributed by atoms with Gasteiger partial charge in [0, 0.05) is 19.5 Å². The van der Waals surface area contributed by atoms with Gasteiger partial charge in [-0.15, -0.1) is 0 Å². The number of aliphatic hydroxyl groups excluding tert-OH is 1. The van der Waals surface area contributed by atoms with Gasteiger partial charge in [-0.1, -0.05) is 24.3 Å². The van der Waals surface area contributed by atoms with Crippen LogP contribution in [0.25, 0.3) is 0 Å². The van der Waals surface area contributed by atoms with E-state index < -0.39 is 6.10 Å². The maximum Gasteiger partial charge on any atom is 0.0900 e. The molecule has 1 aliphatic rings. The van der Waals surface area contributed by atoms with Crippen molar-refractivity contribution in [3.63, 3.8) is 0 Å². The van der Waals surface area contributed by atoms with E-state index in [-0.39, 0.29) is 6.10 Å². The lowest BCUT2D eigenvalue weighted by molar-refractivity contribution is -0.0258. The first-order valence-electron chi connectivity index (χ1n) is 7.63. The van der Waals surface area contributed by atoms with Crippen molar-refractivity contribution >= 4 is 0 Å². The normalized spacial score (nSPS) is 19.0. The van der Waals surface area contributed by atoms with Gasteiger partial charge in [-0.05, 0) is 37.4 Å². The highest BCUT2D eigenvalue weighted by Crippen LogP contribution is 2.32. The molecule has 0 aliphatic heterocycles. The molecule has 4 heteroatoms. The molecule has 2 rings (SSSR count). The van der Waals surface area contributed by atoms with E-state index in [0.717, 1.165) is 19.3 Å². The van der Waals surface area contributed by atoms with Crippen molar-refractivity contribution in [2.75, 3.05) is 26.7 Å². The van der Waals surface area contributed by atoms with Gasteiger partial charge in [0.15, 0.2) is 0 Å². The van der Waals surface area contributed by atoms with Crippen LogP contribution < -0.4 is 0 Å². The summed E-state index contributed by atoms with van der Waals surface area (Å²) in [5, 5.41) is 18.6. The molecule has 2 unspecified atom stereocenters. The molecule has 0 saturated heterocycles.